The molecule has 3 nitrogen and oxygen atoms in total. The molecule has 0 saturated carbocycles. The molecule has 2 N–H and O–H groups in total. The first kappa shape index (κ1) is 7.91. The Morgan fingerprint density at radius 1 is 1.56 bits per heavy atom. The van der Waals surface area contributed by atoms with E-state index in [1.54, 1.807) is 13.1 Å². The van der Waals surface area contributed by atoms with E-state index in [4.69, 9.17) is 0 Å². The van der Waals surface area contributed by atoms with Crippen molar-refractivity contribution in [3.63, 3.8) is 0 Å². The minimum absolute atomic E-state index is 0.660. The summed E-state index contributed by atoms with van der Waals surface area (Å²) in [6.07, 6.45) is 3.04. The Bertz CT molecular complexity index is 126. The summed E-state index contributed by atoms with van der Waals surface area (Å²) in [6.45, 7) is 6.94. The Labute approximate surface area is 55.1 Å². The van der Waals surface area contributed by atoms with Crippen LogP contribution in [0.2, 0.25) is 0 Å². The highest BCUT2D eigenvalue weighted by Crippen LogP contribution is 1.73. The van der Waals surface area contributed by atoms with E-state index in [0.29, 0.717) is 5.84 Å². The molecule has 0 aliphatic carbocycles. The maximum Gasteiger partial charge on any atom is 0.139 e. The first-order valence-electron chi connectivity index (χ1n) is 2.59. The topological polar surface area (TPSA) is 36.4 Å². The summed E-state index contributed by atoms with van der Waals surface area (Å²) in [7, 11) is 1.75. The second-order valence-electron chi connectivity index (χ2n) is 1.28. The largest absolute Gasteiger partial charge is 0.306 e. The van der Waals surface area contributed by atoms with E-state index >= 15 is 0 Å². The van der Waals surface area contributed by atoms with Gasteiger partial charge in [-0.25, -0.2) is 10.4 Å². The molecule has 0 spiro atoms. The highest BCUT2D eigenvalue weighted by atomic mass is 15.4. The van der Waals surface area contributed by atoms with Crippen molar-refractivity contribution in [3.8, 4) is 0 Å². The van der Waals surface area contributed by atoms with Crippen molar-refractivity contribution < 1.29 is 0 Å². The van der Waals surface area contributed by atoms with Gasteiger partial charge in [-0.05, 0) is 6.08 Å². The molecule has 0 rings (SSSR count). The number of nitrogens with zero attached hydrogens (tertiary/aromatic N) is 1. The number of aliphatic imine (C=N–C) groups is 1. The zero-order valence-electron chi connectivity index (χ0n) is 5.52. The number of nitrogens with one attached hydrogen (secondary N) is 2. The van der Waals surface area contributed by atoms with Gasteiger partial charge >= 0.3 is 0 Å². The van der Waals surface area contributed by atoms with E-state index in [2.05, 4.69) is 29.0 Å². The first-order chi connectivity index (χ1) is 4.35. The molecule has 0 heterocycles. The lowest BCUT2D eigenvalue weighted by Gasteiger charge is -1.99. The van der Waals surface area contributed by atoms with Crippen molar-refractivity contribution in [2.75, 3.05) is 7.05 Å². The third kappa shape index (κ3) is 3.49. The average molecular weight is 125 g/mol. The molecule has 0 amide bonds. The zero-order chi connectivity index (χ0) is 7.11. The van der Waals surface area contributed by atoms with E-state index in [9.17, 15) is 0 Å². The lowest BCUT2D eigenvalue weighted by molar-refractivity contribution is 0.771. The second kappa shape index (κ2) is 5.05. The minimum Gasteiger partial charge on any atom is -0.306 e. The van der Waals surface area contributed by atoms with Crippen LogP contribution in [0.4, 0.5) is 0 Å². The predicted octanol–water partition coefficient (Wildman–Crippen LogP) is 0.438. The molecule has 50 valence electrons. The number of hydrogen-bond acceptors (Lipinski definition) is 2. The quantitative estimate of drug-likeness (QED) is 0.326. The van der Waals surface area contributed by atoms with Gasteiger partial charge in [0.15, 0.2) is 0 Å². The summed E-state index contributed by atoms with van der Waals surface area (Å²) in [6, 6.07) is 0. The van der Waals surface area contributed by atoms with E-state index < -0.39 is 0 Å². The number of amidine groups is 1. The lowest BCUT2D eigenvalue weighted by Crippen LogP contribution is -2.32. The Kier molecular flexibility index (Phi) is 4.44. The summed E-state index contributed by atoms with van der Waals surface area (Å²) >= 11 is 0. The fourth-order valence-electron chi connectivity index (χ4n) is 0.362. The molecular weight excluding hydrogens is 114 g/mol. The van der Waals surface area contributed by atoms with E-state index in [1.165, 1.54) is 6.20 Å². The molecule has 0 fully saturated rings. The molecular formula is C6H11N3. The number of rotatable bonds is 3. The summed E-state index contributed by atoms with van der Waals surface area (Å²) in [5, 5.41) is 0. The fraction of sp³-hybridized carbons (Fsp3) is 0.167. The molecule has 0 aliphatic rings. The van der Waals surface area contributed by atoms with Crippen molar-refractivity contribution in [1.29, 1.82) is 0 Å². The third-order valence-corrected chi connectivity index (χ3v) is 0.677. The third-order valence-electron chi connectivity index (χ3n) is 0.677. The van der Waals surface area contributed by atoms with Crippen LogP contribution in [-0.4, -0.2) is 12.9 Å². The maximum atomic E-state index is 3.82. The van der Waals surface area contributed by atoms with Crippen LogP contribution in [0.5, 0.6) is 0 Å². The molecule has 0 radical (unpaired) electrons. The highest BCUT2D eigenvalue weighted by Gasteiger charge is 1.82. The van der Waals surface area contributed by atoms with Gasteiger partial charge in [-0.2, -0.15) is 0 Å². The van der Waals surface area contributed by atoms with Gasteiger partial charge < -0.3 is 5.43 Å². The average Bonchev–Trinajstić information content (AvgIpc) is 1.88. The van der Waals surface area contributed by atoms with Gasteiger partial charge in [-0.3, -0.25) is 0 Å². The van der Waals surface area contributed by atoms with Gasteiger partial charge in [0.1, 0.15) is 5.84 Å². The molecule has 0 saturated heterocycles. The van der Waals surface area contributed by atoms with Gasteiger partial charge in [-0.1, -0.05) is 13.2 Å². The monoisotopic (exact) mass is 125 g/mol. The molecule has 0 bridgehead atoms. The summed E-state index contributed by atoms with van der Waals surface area (Å²) in [5.41, 5.74) is 5.45. The molecule has 0 atom stereocenters. The lowest BCUT2D eigenvalue weighted by atomic mass is 10.6. The standard InChI is InChI=1S/C6H11N3/c1-4-6(8-5-2)9-7-3/h4-5,7H,1-2H2,3H3,(H,8,9). The molecule has 9 heavy (non-hydrogen) atoms. The van der Waals surface area contributed by atoms with E-state index in [-0.39, 0.29) is 0 Å². The Balaban J connectivity index is 3.80. The second-order valence-corrected chi connectivity index (χ2v) is 1.28. The summed E-state index contributed by atoms with van der Waals surface area (Å²) < 4.78 is 0. The highest BCUT2D eigenvalue weighted by molar-refractivity contribution is 5.92. The molecule has 0 aromatic carbocycles. The number of hydrazine groups is 1. The van der Waals surface area contributed by atoms with E-state index in [1.807, 2.05) is 0 Å². The van der Waals surface area contributed by atoms with Crippen LogP contribution < -0.4 is 10.9 Å². The van der Waals surface area contributed by atoms with Crippen molar-refractivity contribution >= 4 is 5.84 Å². The van der Waals surface area contributed by atoms with Crippen LogP contribution in [0.15, 0.2) is 30.4 Å². The first-order valence-corrected chi connectivity index (χ1v) is 2.59. The van der Waals surface area contributed by atoms with Gasteiger partial charge in [0.2, 0.25) is 0 Å². The van der Waals surface area contributed by atoms with Crippen LogP contribution in [0.1, 0.15) is 0 Å². The molecule has 0 aromatic rings. The minimum atomic E-state index is 0.660. The van der Waals surface area contributed by atoms with Crippen LogP contribution in [0.3, 0.4) is 0 Å². The Morgan fingerprint density at radius 3 is 2.56 bits per heavy atom. The zero-order valence-corrected chi connectivity index (χ0v) is 5.52. The van der Waals surface area contributed by atoms with Crippen molar-refractivity contribution in [2.45, 2.75) is 0 Å². The van der Waals surface area contributed by atoms with Gasteiger partial charge in [0.25, 0.3) is 0 Å². The SMILES string of the molecule is C=CN=C(C=C)NNC. The summed E-state index contributed by atoms with van der Waals surface area (Å²) in [5.74, 6) is 0.660. The van der Waals surface area contributed by atoms with Crippen LogP contribution in [0.25, 0.3) is 0 Å². The Morgan fingerprint density at radius 2 is 2.22 bits per heavy atom. The predicted molar refractivity (Wildman–Crippen MR) is 40.0 cm³/mol. The van der Waals surface area contributed by atoms with Crippen molar-refractivity contribution in [1.82, 2.24) is 10.9 Å². The van der Waals surface area contributed by atoms with Crippen LogP contribution in [0, 0.1) is 0 Å². The van der Waals surface area contributed by atoms with Gasteiger partial charge in [0, 0.05) is 13.2 Å². The van der Waals surface area contributed by atoms with Crippen LogP contribution >= 0.6 is 0 Å². The number of hydrogen-bond donors (Lipinski definition) is 2. The molecule has 0 unspecified atom stereocenters. The molecule has 3 heteroatoms. The van der Waals surface area contributed by atoms with Gasteiger partial charge in [-0.15, -0.1) is 0 Å². The Hall–Kier alpha value is -1.09. The van der Waals surface area contributed by atoms with Gasteiger partial charge in [0.05, 0.1) is 0 Å². The van der Waals surface area contributed by atoms with Crippen LogP contribution in [-0.2, 0) is 0 Å². The van der Waals surface area contributed by atoms with Crippen molar-refractivity contribution in [3.05, 3.63) is 25.4 Å². The smallest absolute Gasteiger partial charge is 0.139 e. The fourth-order valence-corrected chi connectivity index (χ4v) is 0.362. The molecule has 0 aromatic heterocycles. The maximum absolute atomic E-state index is 3.82. The molecule has 0 aliphatic heterocycles. The normalized spacial score (nSPS) is 10.6. The van der Waals surface area contributed by atoms with Crippen molar-refractivity contribution in [2.24, 2.45) is 4.99 Å². The van der Waals surface area contributed by atoms with E-state index in [0.717, 1.165) is 0 Å². The summed E-state index contributed by atoms with van der Waals surface area (Å²) in [4.78, 5) is 3.82.